The standard InChI is InChI=1S/C21H24N2O4S/c1-22(2)10-6-11-23-18(16-9-5-12-28-16)17(20(25)21(23)26)19(24)14-7-4-8-15(13-14)27-3/h4-5,7-9,12-13,18,24H,6,10-11H2,1-3H3/b19-17+/t18-/m0/s1. The Morgan fingerprint density at radius 3 is 2.68 bits per heavy atom. The van der Waals surface area contributed by atoms with E-state index in [9.17, 15) is 14.7 Å². The van der Waals surface area contributed by atoms with Gasteiger partial charge in [0, 0.05) is 17.0 Å². The highest BCUT2D eigenvalue weighted by Crippen LogP contribution is 2.41. The number of methoxy groups -OCH3 is 1. The number of rotatable bonds is 7. The van der Waals surface area contributed by atoms with E-state index in [4.69, 9.17) is 4.74 Å². The van der Waals surface area contributed by atoms with E-state index in [0.717, 1.165) is 17.8 Å². The van der Waals surface area contributed by atoms with E-state index in [2.05, 4.69) is 0 Å². The Hall–Kier alpha value is -2.64. The minimum absolute atomic E-state index is 0.130. The quantitative estimate of drug-likeness (QED) is 0.439. The minimum Gasteiger partial charge on any atom is -0.507 e. The van der Waals surface area contributed by atoms with Crippen molar-refractivity contribution in [3.8, 4) is 5.75 Å². The van der Waals surface area contributed by atoms with E-state index >= 15 is 0 Å². The van der Waals surface area contributed by atoms with Crippen molar-refractivity contribution in [2.75, 3.05) is 34.3 Å². The average Bonchev–Trinajstić information content (AvgIpc) is 3.29. The molecule has 1 atom stereocenters. The number of ether oxygens (including phenoxy) is 1. The zero-order chi connectivity index (χ0) is 20.3. The summed E-state index contributed by atoms with van der Waals surface area (Å²) in [4.78, 5) is 30.1. The van der Waals surface area contributed by atoms with Crippen LogP contribution < -0.4 is 4.74 Å². The molecule has 2 aromatic rings. The van der Waals surface area contributed by atoms with Gasteiger partial charge >= 0.3 is 0 Å². The highest BCUT2D eigenvalue weighted by atomic mass is 32.1. The number of hydrogen-bond acceptors (Lipinski definition) is 6. The van der Waals surface area contributed by atoms with E-state index in [1.807, 2.05) is 36.5 Å². The number of thiophene rings is 1. The van der Waals surface area contributed by atoms with Crippen LogP contribution in [0.4, 0.5) is 0 Å². The van der Waals surface area contributed by atoms with Crippen LogP contribution in [0.25, 0.3) is 5.76 Å². The van der Waals surface area contributed by atoms with E-state index in [0.29, 0.717) is 17.9 Å². The molecule has 28 heavy (non-hydrogen) atoms. The molecule has 1 N–H and O–H groups in total. The third-order valence-electron chi connectivity index (χ3n) is 4.70. The van der Waals surface area contributed by atoms with Crippen molar-refractivity contribution in [1.29, 1.82) is 0 Å². The molecule has 1 saturated heterocycles. The molecule has 7 heteroatoms. The SMILES string of the molecule is COc1cccc(/C(O)=C2\C(=O)C(=O)N(CCCN(C)C)[C@H]2c2cccs2)c1. The maximum absolute atomic E-state index is 12.8. The van der Waals surface area contributed by atoms with Crippen LogP contribution in [0.1, 0.15) is 22.9 Å². The Bertz CT molecular complexity index is 890. The van der Waals surface area contributed by atoms with Crippen molar-refractivity contribution in [2.24, 2.45) is 0 Å². The van der Waals surface area contributed by atoms with Gasteiger partial charge in [0.15, 0.2) is 0 Å². The number of carbonyl (C=O) groups is 2. The Balaban J connectivity index is 2.04. The molecule has 0 unspecified atom stereocenters. The van der Waals surface area contributed by atoms with Gasteiger partial charge in [0.2, 0.25) is 0 Å². The molecule has 3 rings (SSSR count). The van der Waals surface area contributed by atoms with Gasteiger partial charge < -0.3 is 19.6 Å². The number of amides is 1. The fraction of sp³-hybridized carbons (Fsp3) is 0.333. The summed E-state index contributed by atoms with van der Waals surface area (Å²) in [5, 5.41) is 12.9. The third kappa shape index (κ3) is 3.95. The van der Waals surface area contributed by atoms with Crippen LogP contribution in [-0.4, -0.2) is 60.9 Å². The number of Topliss-reactive ketones (excluding diaryl/α,β-unsaturated/α-hetero) is 1. The first-order valence-corrected chi connectivity index (χ1v) is 9.93. The zero-order valence-corrected chi connectivity index (χ0v) is 17.0. The van der Waals surface area contributed by atoms with Gasteiger partial charge in [-0.05, 0) is 50.6 Å². The molecule has 0 bridgehead atoms. The van der Waals surface area contributed by atoms with Gasteiger partial charge in [0.1, 0.15) is 11.5 Å². The lowest BCUT2D eigenvalue weighted by atomic mass is 9.99. The molecule has 6 nitrogen and oxygen atoms in total. The van der Waals surface area contributed by atoms with Gasteiger partial charge in [-0.25, -0.2) is 0 Å². The predicted molar refractivity (Wildman–Crippen MR) is 109 cm³/mol. The summed E-state index contributed by atoms with van der Waals surface area (Å²) >= 11 is 1.47. The first-order chi connectivity index (χ1) is 13.4. The lowest BCUT2D eigenvalue weighted by Gasteiger charge is -2.24. The molecule has 0 saturated carbocycles. The fourth-order valence-electron chi connectivity index (χ4n) is 3.34. The van der Waals surface area contributed by atoms with Crippen molar-refractivity contribution in [2.45, 2.75) is 12.5 Å². The number of benzene rings is 1. The van der Waals surface area contributed by atoms with Crippen molar-refractivity contribution < 1.29 is 19.4 Å². The highest BCUT2D eigenvalue weighted by molar-refractivity contribution is 7.10. The first-order valence-electron chi connectivity index (χ1n) is 9.05. The van der Waals surface area contributed by atoms with Crippen LogP contribution in [0, 0.1) is 0 Å². The summed E-state index contributed by atoms with van der Waals surface area (Å²) in [6.07, 6.45) is 0.737. The summed E-state index contributed by atoms with van der Waals surface area (Å²) in [5.74, 6) is -0.826. The van der Waals surface area contributed by atoms with E-state index in [-0.39, 0.29) is 11.3 Å². The third-order valence-corrected chi connectivity index (χ3v) is 5.62. The molecule has 1 fully saturated rings. The van der Waals surface area contributed by atoms with Crippen LogP contribution in [0.5, 0.6) is 5.75 Å². The van der Waals surface area contributed by atoms with Crippen molar-refractivity contribution >= 4 is 28.8 Å². The molecule has 1 aromatic heterocycles. The maximum Gasteiger partial charge on any atom is 0.295 e. The van der Waals surface area contributed by atoms with Crippen molar-refractivity contribution in [1.82, 2.24) is 9.80 Å². The summed E-state index contributed by atoms with van der Waals surface area (Å²) in [6.45, 7) is 1.25. The summed E-state index contributed by atoms with van der Waals surface area (Å²) < 4.78 is 5.21. The van der Waals surface area contributed by atoms with E-state index in [1.54, 1.807) is 29.2 Å². The molecule has 0 aliphatic carbocycles. The second kappa shape index (κ2) is 8.58. The Morgan fingerprint density at radius 1 is 1.25 bits per heavy atom. The zero-order valence-electron chi connectivity index (χ0n) is 16.2. The number of carbonyl (C=O) groups excluding carboxylic acids is 2. The molecule has 0 spiro atoms. The lowest BCUT2D eigenvalue weighted by molar-refractivity contribution is -0.139. The lowest BCUT2D eigenvalue weighted by Crippen LogP contribution is -2.32. The Morgan fingerprint density at radius 2 is 2.04 bits per heavy atom. The minimum atomic E-state index is -0.649. The second-order valence-corrected chi connectivity index (χ2v) is 7.88. The van der Waals surface area contributed by atoms with Crippen molar-refractivity contribution in [3.05, 3.63) is 57.8 Å². The normalized spacial score (nSPS) is 18.9. The van der Waals surface area contributed by atoms with Gasteiger partial charge in [0.25, 0.3) is 11.7 Å². The number of ketones is 1. The number of nitrogens with zero attached hydrogens (tertiary/aromatic N) is 2. The molecule has 0 radical (unpaired) electrons. The number of aliphatic hydroxyl groups is 1. The van der Waals surface area contributed by atoms with Crippen LogP contribution >= 0.6 is 11.3 Å². The smallest absolute Gasteiger partial charge is 0.295 e. The van der Waals surface area contributed by atoms with E-state index in [1.165, 1.54) is 18.4 Å². The fourth-order valence-corrected chi connectivity index (χ4v) is 4.18. The van der Waals surface area contributed by atoms with Gasteiger partial charge in [-0.15, -0.1) is 11.3 Å². The number of likely N-dealkylation sites (tertiary alicyclic amines) is 1. The van der Waals surface area contributed by atoms with Crippen LogP contribution in [0.15, 0.2) is 47.4 Å². The van der Waals surface area contributed by atoms with Gasteiger partial charge in [-0.3, -0.25) is 9.59 Å². The van der Waals surface area contributed by atoms with E-state index < -0.39 is 17.7 Å². The van der Waals surface area contributed by atoms with Crippen LogP contribution in [0.3, 0.4) is 0 Å². The summed E-state index contributed by atoms with van der Waals surface area (Å²) in [7, 11) is 5.47. The largest absolute Gasteiger partial charge is 0.507 e. The molecule has 1 aliphatic heterocycles. The monoisotopic (exact) mass is 400 g/mol. The number of hydrogen-bond donors (Lipinski definition) is 1. The Kier molecular flexibility index (Phi) is 6.16. The molecule has 1 aliphatic rings. The second-order valence-electron chi connectivity index (χ2n) is 6.90. The van der Waals surface area contributed by atoms with Crippen LogP contribution in [-0.2, 0) is 9.59 Å². The topological polar surface area (TPSA) is 70.1 Å². The predicted octanol–water partition coefficient (Wildman–Crippen LogP) is 3.13. The van der Waals surface area contributed by atoms with Gasteiger partial charge in [0.05, 0.1) is 18.7 Å². The molecule has 1 amide bonds. The van der Waals surface area contributed by atoms with Gasteiger partial charge in [-0.2, -0.15) is 0 Å². The maximum atomic E-state index is 12.8. The molecular formula is C21H24N2O4S. The van der Waals surface area contributed by atoms with Crippen molar-refractivity contribution in [3.63, 3.8) is 0 Å². The summed E-state index contributed by atoms with van der Waals surface area (Å²) in [5.41, 5.74) is 0.581. The van der Waals surface area contributed by atoms with Gasteiger partial charge in [-0.1, -0.05) is 18.2 Å². The molecule has 148 valence electrons. The first kappa shape index (κ1) is 20.1. The molecule has 2 heterocycles. The summed E-state index contributed by atoms with van der Waals surface area (Å²) in [6, 6.07) is 10.0. The molecular weight excluding hydrogens is 376 g/mol. The van der Waals surface area contributed by atoms with Crippen LogP contribution in [0.2, 0.25) is 0 Å². The number of aliphatic hydroxyl groups excluding tert-OH is 1. The highest BCUT2D eigenvalue weighted by Gasteiger charge is 2.46. The molecule has 1 aromatic carbocycles. The Labute approximate surface area is 168 Å². The average molecular weight is 400 g/mol.